The van der Waals surface area contributed by atoms with Crippen LogP contribution in [-0.2, 0) is 0 Å². The molecule has 0 saturated heterocycles. The van der Waals surface area contributed by atoms with Gasteiger partial charge in [0.2, 0.25) is 0 Å². The number of aromatic nitrogens is 5. The van der Waals surface area contributed by atoms with Crippen molar-refractivity contribution in [1.29, 1.82) is 0 Å². The summed E-state index contributed by atoms with van der Waals surface area (Å²) < 4.78 is 0.841. The van der Waals surface area contributed by atoms with Gasteiger partial charge in [-0.05, 0) is 22.4 Å². The van der Waals surface area contributed by atoms with Gasteiger partial charge in [0.15, 0.2) is 5.82 Å². The molecule has 6 nitrogen and oxygen atoms in total. The van der Waals surface area contributed by atoms with E-state index in [1.54, 1.807) is 12.4 Å². The van der Waals surface area contributed by atoms with Crippen molar-refractivity contribution >= 4 is 21.7 Å². The normalized spacial score (nSPS) is 10.4. The van der Waals surface area contributed by atoms with Crippen LogP contribution in [-0.4, -0.2) is 31.9 Å². The summed E-state index contributed by atoms with van der Waals surface area (Å²) in [5.41, 5.74) is 0.632. The van der Waals surface area contributed by atoms with Crippen LogP contribution in [0.3, 0.4) is 0 Å². The molecule has 84 valence electrons. The lowest BCUT2D eigenvalue weighted by atomic mass is 10.4. The summed E-state index contributed by atoms with van der Waals surface area (Å²) in [5, 5.41) is 13.4. The number of aromatic amines is 1. The zero-order chi connectivity index (χ0) is 11.4. The number of H-pyrrole nitrogens is 1. The van der Waals surface area contributed by atoms with Gasteiger partial charge in [0, 0.05) is 12.7 Å². The molecule has 0 aromatic carbocycles. The van der Waals surface area contributed by atoms with Gasteiger partial charge in [-0.15, -0.1) is 0 Å². The molecule has 7 heteroatoms. The summed E-state index contributed by atoms with van der Waals surface area (Å²) >= 11 is 3.39. The number of hydrogen-bond acceptors (Lipinski definition) is 5. The van der Waals surface area contributed by atoms with Crippen LogP contribution < -0.4 is 5.32 Å². The molecule has 2 aromatic heterocycles. The molecule has 0 radical (unpaired) electrons. The highest BCUT2D eigenvalue weighted by molar-refractivity contribution is 9.10. The molecule has 16 heavy (non-hydrogen) atoms. The van der Waals surface area contributed by atoms with E-state index >= 15 is 0 Å². The third-order valence-corrected chi connectivity index (χ3v) is 2.51. The Kier molecular flexibility index (Phi) is 3.45. The Morgan fingerprint density at radius 2 is 2.31 bits per heavy atom. The maximum atomic E-state index is 4.36. The fourth-order valence-electron chi connectivity index (χ4n) is 1.17. The number of nitrogens with zero attached hydrogens (tertiary/aromatic N) is 4. The Hall–Kier alpha value is -1.50. The fraction of sp³-hybridized carbons (Fsp3) is 0.333. The van der Waals surface area contributed by atoms with Gasteiger partial charge in [-0.2, -0.15) is 15.4 Å². The summed E-state index contributed by atoms with van der Waals surface area (Å²) in [6.45, 7) is 2.97. The Morgan fingerprint density at radius 1 is 1.44 bits per heavy atom. The SMILES string of the molecule is CCCNc1nc(-c2cn[nH]n2)ncc1Br. The number of nitrogens with one attached hydrogen (secondary N) is 2. The van der Waals surface area contributed by atoms with Crippen molar-refractivity contribution in [2.24, 2.45) is 0 Å². The first-order valence-corrected chi connectivity index (χ1v) is 5.73. The molecule has 2 N–H and O–H groups in total. The largest absolute Gasteiger partial charge is 0.369 e. The standard InChI is InChI=1S/C9H11BrN6/c1-2-3-11-8-6(10)4-12-9(14-8)7-5-13-16-15-7/h4-5H,2-3H2,1H3,(H,11,12,14)(H,13,15,16). The average molecular weight is 283 g/mol. The van der Waals surface area contributed by atoms with E-state index in [4.69, 9.17) is 0 Å². The van der Waals surface area contributed by atoms with Gasteiger partial charge >= 0.3 is 0 Å². The average Bonchev–Trinajstić information content (AvgIpc) is 2.81. The van der Waals surface area contributed by atoms with Gasteiger partial charge in [0.1, 0.15) is 11.5 Å². The van der Waals surface area contributed by atoms with Gasteiger partial charge in [-0.3, -0.25) is 0 Å². The summed E-state index contributed by atoms with van der Waals surface area (Å²) in [6.07, 6.45) is 4.33. The molecule has 0 saturated carbocycles. The van der Waals surface area contributed by atoms with Crippen molar-refractivity contribution in [1.82, 2.24) is 25.4 Å². The van der Waals surface area contributed by atoms with E-state index < -0.39 is 0 Å². The van der Waals surface area contributed by atoms with Gasteiger partial charge < -0.3 is 5.32 Å². The zero-order valence-electron chi connectivity index (χ0n) is 8.74. The molecular weight excluding hydrogens is 272 g/mol. The molecule has 0 aliphatic heterocycles. The third-order valence-electron chi connectivity index (χ3n) is 1.93. The predicted molar refractivity (Wildman–Crippen MR) is 63.9 cm³/mol. The lowest BCUT2D eigenvalue weighted by molar-refractivity contribution is 0.935. The van der Waals surface area contributed by atoms with Crippen LogP contribution >= 0.6 is 15.9 Å². The first-order valence-electron chi connectivity index (χ1n) is 4.94. The Morgan fingerprint density at radius 3 is 3.00 bits per heavy atom. The molecule has 2 rings (SSSR count). The molecule has 0 spiro atoms. The number of rotatable bonds is 4. The monoisotopic (exact) mass is 282 g/mol. The molecule has 0 aliphatic carbocycles. The minimum absolute atomic E-state index is 0.551. The Labute approximate surface area is 101 Å². The second kappa shape index (κ2) is 5.02. The Balaban J connectivity index is 2.28. The first kappa shape index (κ1) is 11.0. The number of halogens is 1. The second-order valence-corrected chi connectivity index (χ2v) is 4.03. The second-order valence-electron chi connectivity index (χ2n) is 3.17. The lowest BCUT2D eigenvalue weighted by Crippen LogP contribution is -2.04. The van der Waals surface area contributed by atoms with Crippen LogP contribution in [0, 0.1) is 0 Å². The topological polar surface area (TPSA) is 79.4 Å². The zero-order valence-corrected chi connectivity index (χ0v) is 10.3. The van der Waals surface area contributed by atoms with Crippen LogP contribution in [0.25, 0.3) is 11.5 Å². The van der Waals surface area contributed by atoms with E-state index in [0.29, 0.717) is 11.5 Å². The first-order chi connectivity index (χ1) is 7.81. The molecule has 0 unspecified atom stereocenters. The van der Waals surface area contributed by atoms with Crippen molar-refractivity contribution in [3.05, 3.63) is 16.9 Å². The van der Waals surface area contributed by atoms with Crippen LogP contribution in [0.5, 0.6) is 0 Å². The van der Waals surface area contributed by atoms with Crippen LogP contribution in [0.2, 0.25) is 0 Å². The quantitative estimate of drug-likeness (QED) is 0.895. The van der Waals surface area contributed by atoms with Crippen LogP contribution in [0.1, 0.15) is 13.3 Å². The van der Waals surface area contributed by atoms with E-state index in [1.165, 1.54) is 0 Å². The van der Waals surface area contributed by atoms with Gasteiger partial charge in [-0.1, -0.05) is 6.92 Å². The molecular formula is C9H11BrN6. The molecule has 2 heterocycles. The summed E-state index contributed by atoms with van der Waals surface area (Å²) in [7, 11) is 0. The summed E-state index contributed by atoms with van der Waals surface area (Å²) in [6, 6.07) is 0. The maximum Gasteiger partial charge on any atom is 0.183 e. The van der Waals surface area contributed by atoms with Crippen molar-refractivity contribution in [3.63, 3.8) is 0 Å². The van der Waals surface area contributed by atoms with Gasteiger partial charge in [0.25, 0.3) is 0 Å². The molecule has 0 amide bonds. The van der Waals surface area contributed by atoms with E-state index in [9.17, 15) is 0 Å². The number of anilines is 1. The van der Waals surface area contributed by atoms with Gasteiger partial charge in [-0.25, -0.2) is 9.97 Å². The van der Waals surface area contributed by atoms with Crippen molar-refractivity contribution in [2.45, 2.75) is 13.3 Å². The maximum absolute atomic E-state index is 4.36. The van der Waals surface area contributed by atoms with Crippen molar-refractivity contribution in [3.8, 4) is 11.5 Å². The summed E-state index contributed by atoms with van der Waals surface area (Å²) in [4.78, 5) is 8.53. The van der Waals surface area contributed by atoms with E-state index in [-0.39, 0.29) is 0 Å². The molecule has 2 aromatic rings. The summed E-state index contributed by atoms with van der Waals surface area (Å²) in [5.74, 6) is 1.32. The predicted octanol–water partition coefficient (Wildman–Crippen LogP) is 1.85. The smallest absolute Gasteiger partial charge is 0.183 e. The van der Waals surface area contributed by atoms with Crippen LogP contribution in [0.4, 0.5) is 5.82 Å². The number of hydrogen-bond donors (Lipinski definition) is 2. The highest BCUT2D eigenvalue weighted by atomic mass is 79.9. The van der Waals surface area contributed by atoms with Crippen molar-refractivity contribution in [2.75, 3.05) is 11.9 Å². The lowest BCUT2D eigenvalue weighted by Gasteiger charge is -2.06. The van der Waals surface area contributed by atoms with Crippen LogP contribution in [0.15, 0.2) is 16.9 Å². The highest BCUT2D eigenvalue weighted by Crippen LogP contribution is 2.21. The molecule has 0 aliphatic rings. The van der Waals surface area contributed by atoms with Crippen molar-refractivity contribution < 1.29 is 0 Å². The highest BCUT2D eigenvalue weighted by Gasteiger charge is 2.08. The molecule has 0 bridgehead atoms. The minimum Gasteiger partial charge on any atom is -0.369 e. The van der Waals surface area contributed by atoms with E-state index in [1.807, 2.05) is 0 Å². The van der Waals surface area contributed by atoms with E-state index in [2.05, 4.69) is 53.5 Å². The Bertz CT molecular complexity index is 455. The fourth-order valence-corrected chi connectivity index (χ4v) is 1.50. The van der Waals surface area contributed by atoms with Gasteiger partial charge in [0.05, 0.1) is 10.7 Å². The van der Waals surface area contributed by atoms with E-state index in [0.717, 1.165) is 23.3 Å². The minimum atomic E-state index is 0.551. The molecule has 0 atom stereocenters. The third kappa shape index (κ3) is 2.35. The molecule has 0 fully saturated rings.